The highest BCUT2D eigenvalue weighted by Crippen LogP contribution is 2.28. The van der Waals surface area contributed by atoms with E-state index in [1.165, 1.54) is 12.7 Å². The minimum Gasteiger partial charge on any atom is -0.464 e. The molecule has 0 spiro atoms. The van der Waals surface area contributed by atoms with Crippen LogP contribution in [0.5, 0.6) is 0 Å². The van der Waals surface area contributed by atoms with Gasteiger partial charge in [-0.2, -0.15) is 0 Å². The summed E-state index contributed by atoms with van der Waals surface area (Å²) in [6, 6.07) is 15.8. The van der Waals surface area contributed by atoms with Crippen molar-refractivity contribution in [2.75, 3.05) is 20.2 Å². The quantitative estimate of drug-likeness (QED) is 0.770. The molecule has 2 heterocycles. The van der Waals surface area contributed by atoms with Gasteiger partial charge < -0.3 is 9.47 Å². The first-order chi connectivity index (χ1) is 12.6. The van der Waals surface area contributed by atoms with E-state index in [0.717, 1.165) is 18.8 Å². The van der Waals surface area contributed by atoms with Gasteiger partial charge in [-0.3, -0.25) is 4.90 Å². The monoisotopic (exact) mass is 354 g/mol. The van der Waals surface area contributed by atoms with Gasteiger partial charge in [0.15, 0.2) is 0 Å². The van der Waals surface area contributed by atoms with Crippen LogP contribution < -0.4 is 0 Å². The first kappa shape index (κ1) is 18.5. The van der Waals surface area contributed by atoms with E-state index in [0.29, 0.717) is 18.2 Å². The summed E-state index contributed by atoms with van der Waals surface area (Å²) in [5, 5.41) is 0. The van der Waals surface area contributed by atoms with Crippen LogP contribution in [0.1, 0.15) is 41.7 Å². The molecule has 0 radical (unpaired) electrons. The van der Waals surface area contributed by atoms with Crippen LogP contribution in [0.3, 0.4) is 0 Å². The molecule has 2 aromatic rings. The normalized spacial score (nSPS) is 20.9. The number of aromatic nitrogens is 1. The third-order valence-corrected chi connectivity index (χ3v) is 4.70. The molecule has 3 rings (SSSR count). The van der Waals surface area contributed by atoms with Gasteiger partial charge >= 0.3 is 5.97 Å². The van der Waals surface area contributed by atoms with Crippen molar-refractivity contribution in [2.24, 2.45) is 5.92 Å². The fourth-order valence-electron chi connectivity index (χ4n) is 3.22. The number of carbonyl (C=O) groups excluding carboxylic acids is 1. The number of hydrogen-bond donors (Lipinski definition) is 0. The number of methoxy groups -OCH3 is 1. The summed E-state index contributed by atoms with van der Waals surface area (Å²) in [6.45, 7) is 6.71. The highest BCUT2D eigenvalue weighted by molar-refractivity contribution is 5.87. The Morgan fingerprint density at radius 2 is 1.96 bits per heavy atom. The summed E-state index contributed by atoms with van der Waals surface area (Å²) in [5.74, 6) is 0.0226. The predicted molar refractivity (Wildman–Crippen MR) is 99.7 cm³/mol. The second-order valence-electron chi connectivity index (χ2n) is 7.02. The average molecular weight is 354 g/mol. The molecule has 1 aliphatic heterocycles. The topological polar surface area (TPSA) is 51.7 Å². The molecule has 0 bridgehead atoms. The zero-order valence-electron chi connectivity index (χ0n) is 15.6. The summed E-state index contributed by atoms with van der Waals surface area (Å²) in [6.07, 6.45) is 0.207. The Morgan fingerprint density at radius 3 is 2.65 bits per heavy atom. The zero-order chi connectivity index (χ0) is 18.5. The number of pyridine rings is 1. The Bertz CT molecular complexity index is 733. The molecule has 5 nitrogen and oxygen atoms in total. The average Bonchev–Trinajstić information content (AvgIpc) is 2.68. The van der Waals surface area contributed by atoms with Crippen LogP contribution in [0.25, 0.3) is 0 Å². The van der Waals surface area contributed by atoms with Gasteiger partial charge in [0.05, 0.1) is 25.0 Å². The van der Waals surface area contributed by atoms with Crippen LogP contribution in [-0.4, -0.2) is 42.2 Å². The largest absolute Gasteiger partial charge is 0.464 e. The molecular weight excluding hydrogens is 328 g/mol. The van der Waals surface area contributed by atoms with Crippen molar-refractivity contribution < 1.29 is 14.3 Å². The molecule has 26 heavy (non-hydrogen) atoms. The zero-order valence-corrected chi connectivity index (χ0v) is 15.6. The first-order valence-corrected chi connectivity index (χ1v) is 9.04. The molecule has 5 heteroatoms. The molecule has 1 aliphatic rings. The van der Waals surface area contributed by atoms with E-state index in [9.17, 15) is 4.79 Å². The van der Waals surface area contributed by atoms with Gasteiger partial charge in [-0.25, -0.2) is 9.78 Å². The summed E-state index contributed by atoms with van der Waals surface area (Å²) < 4.78 is 11.1. The van der Waals surface area contributed by atoms with Crippen molar-refractivity contribution in [1.29, 1.82) is 0 Å². The Hall–Kier alpha value is -2.24. The van der Waals surface area contributed by atoms with E-state index in [1.54, 1.807) is 6.07 Å². The number of rotatable bonds is 5. The Morgan fingerprint density at radius 1 is 1.19 bits per heavy atom. The smallest absolute Gasteiger partial charge is 0.356 e. The van der Waals surface area contributed by atoms with Crippen LogP contribution in [-0.2, 0) is 16.0 Å². The molecule has 1 fully saturated rings. The van der Waals surface area contributed by atoms with E-state index in [1.807, 2.05) is 30.3 Å². The van der Waals surface area contributed by atoms with Crippen molar-refractivity contribution in [1.82, 2.24) is 9.88 Å². The fourth-order valence-corrected chi connectivity index (χ4v) is 3.22. The molecular formula is C21H26N2O3. The Labute approximate surface area is 155 Å². The van der Waals surface area contributed by atoms with Crippen molar-refractivity contribution in [2.45, 2.75) is 32.6 Å². The standard InChI is InChI=1S/C21H26N2O3/c1-15(2)19-13-23(14-20(26-19)16-8-5-4-6-9-16)12-17-10-7-11-18(22-17)21(24)25-3/h4-11,15,19-20H,12-14H2,1-3H3/t19-,20+/m1/s1. The highest BCUT2D eigenvalue weighted by atomic mass is 16.5. The van der Waals surface area contributed by atoms with E-state index in [4.69, 9.17) is 9.47 Å². The molecule has 0 aliphatic carbocycles. The van der Waals surface area contributed by atoms with E-state index >= 15 is 0 Å². The van der Waals surface area contributed by atoms with Crippen molar-refractivity contribution in [3.8, 4) is 0 Å². The maximum atomic E-state index is 11.7. The molecule has 1 aromatic heterocycles. The van der Waals surface area contributed by atoms with Gasteiger partial charge in [-0.1, -0.05) is 50.2 Å². The van der Waals surface area contributed by atoms with Crippen LogP contribution in [0, 0.1) is 5.92 Å². The second-order valence-corrected chi connectivity index (χ2v) is 7.02. The number of esters is 1. The van der Waals surface area contributed by atoms with Gasteiger partial charge in [-0.05, 0) is 23.6 Å². The lowest BCUT2D eigenvalue weighted by Crippen LogP contribution is -2.45. The molecule has 0 saturated carbocycles. The predicted octanol–water partition coefficient (Wildman–Crippen LogP) is 3.47. The molecule has 1 aromatic carbocycles. The van der Waals surface area contributed by atoms with E-state index < -0.39 is 5.97 Å². The SMILES string of the molecule is COC(=O)c1cccc(CN2C[C@@H](c3ccccc3)O[C@@H](C(C)C)C2)n1. The van der Waals surface area contributed by atoms with Gasteiger partial charge in [0.2, 0.25) is 0 Å². The number of benzene rings is 1. The Balaban J connectivity index is 1.77. The fraction of sp³-hybridized carbons (Fsp3) is 0.429. The first-order valence-electron chi connectivity index (χ1n) is 9.04. The Kier molecular flexibility index (Phi) is 6.01. The number of ether oxygens (including phenoxy) is 2. The van der Waals surface area contributed by atoms with Crippen LogP contribution in [0.2, 0.25) is 0 Å². The summed E-state index contributed by atoms with van der Waals surface area (Å²) in [7, 11) is 1.37. The van der Waals surface area contributed by atoms with Crippen molar-refractivity contribution >= 4 is 5.97 Å². The molecule has 2 atom stereocenters. The third-order valence-electron chi connectivity index (χ3n) is 4.70. The van der Waals surface area contributed by atoms with Gasteiger partial charge in [0.1, 0.15) is 5.69 Å². The van der Waals surface area contributed by atoms with Crippen molar-refractivity contribution in [3.05, 3.63) is 65.5 Å². The van der Waals surface area contributed by atoms with Crippen molar-refractivity contribution in [3.63, 3.8) is 0 Å². The highest BCUT2D eigenvalue weighted by Gasteiger charge is 2.30. The molecule has 0 N–H and O–H groups in total. The number of morpholine rings is 1. The van der Waals surface area contributed by atoms with E-state index in [2.05, 4.69) is 35.9 Å². The summed E-state index contributed by atoms with van der Waals surface area (Å²) >= 11 is 0. The van der Waals surface area contributed by atoms with Gasteiger partial charge in [0, 0.05) is 19.6 Å². The summed E-state index contributed by atoms with van der Waals surface area (Å²) in [5.41, 5.74) is 2.40. The maximum Gasteiger partial charge on any atom is 0.356 e. The summed E-state index contributed by atoms with van der Waals surface area (Å²) in [4.78, 5) is 18.5. The minimum absolute atomic E-state index is 0.0427. The molecule has 0 unspecified atom stereocenters. The van der Waals surface area contributed by atoms with Crippen LogP contribution in [0.4, 0.5) is 0 Å². The second kappa shape index (κ2) is 8.43. The number of hydrogen-bond acceptors (Lipinski definition) is 5. The molecule has 1 saturated heterocycles. The number of carbonyl (C=O) groups is 1. The van der Waals surface area contributed by atoms with Crippen LogP contribution >= 0.6 is 0 Å². The lowest BCUT2D eigenvalue weighted by molar-refractivity contribution is -0.108. The van der Waals surface area contributed by atoms with Crippen LogP contribution in [0.15, 0.2) is 48.5 Å². The minimum atomic E-state index is -0.406. The number of nitrogens with zero attached hydrogens (tertiary/aromatic N) is 2. The van der Waals surface area contributed by atoms with Gasteiger partial charge in [-0.15, -0.1) is 0 Å². The lowest BCUT2D eigenvalue weighted by atomic mass is 10.0. The van der Waals surface area contributed by atoms with Gasteiger partial charge in [0.25, 0.3) is 0 Å². The molecule has 0 amide bonds. The lowest BCUT2D eigenvalue weighted by Gasteiger charge is -2.40. The molecule has 138 valence electrons. The third kappa shape index (κ3) is 4.48. The maximum absolute atomic E-state index is 11.7. The van der Waals surface area contributed by atoms with E-state index in [-0.39, 0.29) is 12.2 Å².